The Bertz CT molecular complexity index is 669. The van der Waals surface area contributed by atoms with Gasteiger partial charge in [-0.3, -0.25) is 10.1 Å². The van der Waals surface area contributed by atoms with Gasteiger partial charge in [0.25, 0.3) is 5.69 Å². The number of halogens is 1. The molecule has 0 radical (unpaired) electrons. The molecule has 2 aromatic carbocycles. The van der Waals surface area contributed by atoms with Crippen LogP contribution in [0.3, 0.4) is 0 Å². The monoisotopic (exact) mass is 350 g/mol. The Morgan fingerprint density at radius 1 is 1.24 bits per heavy atom. The van der Waals surface area contributed by atoms with Crippen LogP contribution in [0.2, 0.25) is 0 Å². The van der Waals surface area contributed by atoms with Crippen molar-refractivity contribution in [2.24, 2.45) is 0 Å². The molecule has 0 saturated carbocycles. The van der Waals surface area contributed by atoms with Crippen LogP contribution in [0, 0.1) is 17.0 Å². The quantitative estimate of drug-likeness (QED) is 0.639. The Labute approximate surface area is 128 Å². The van der Waals surface area contributed by atoms with Crippen molar-refractivity contribution in [2.75, 3.05) is 5.32 Å². The van der Waals surface area contributed by atoms with Gasteiger partial charge in [-0.15, -0.1) is 0 Å². The first kappa shape index (κ1) is 15.0. The van der Waals surface area contributed by atoms with Crippen LogP contribution in [0.1, 0.15) is 15.9 Å². The van der Waals surface area contributed by atoms with Gasteiger partial charge < -0.3 is 10.4 Å². The Morgan fingerprint density at radius 2 is 1.86 bits per heavy atom. The van der Waals surface area contributed by atoms with Crippen LogP contribution in [-0.2, 0) is 0 Å². The molecule has 6 nitrogen and oxygen atoms in total. The number of benzene rings is 2. The summed E-state index contributed by atoms with van der Waals surface area (Å²) >= 11 is 3.16. The first-order chi connectivity index (χ1) is 9.88. The third kappa shape index (κ3) is 3.38. The molecule has 0 aliphatic carbocycles. The first-order valence-electron chi connectivity index (χ1n) is 5.93. The van der Waals surface area contributed by atoms with E-state index in [1.54, 1.807) is 31.2 Å². The van der Waals surface area contributed by atoms with E-state index in [0.717, 1.165) is 0 Å². The largest absolute Gasteiger partial charge is 0.478 e. The maximum absolute atomic E-state index is 11.1. The Kier molecular flexibility index (Phi) is 4.23. The minimum absolute atomic E-state index is 0.00979. The molecule has 0 unspecified atom stereocenters. The lowest BCUT2D eigenvalue weighted by Crippen LogP contribution is -2.00. The summed E-state index contributed by atoms with van der Waals surface area (Å²) in [4.78, 5) is 21.5. The van der Waals surface area contributed by atoms with E-state index in [1.807, 2.05) is 0 Å². The molecule has 7 heteroatoms. The zero-order valence-electron chi connectivity index (χ0n) is 11.0. The number of aryl methyl sites for hydroxylation is 1. The van der Waals surface area contributed by atoms with Gasteiger partial charge in [0.15, 0.2) is 0 Å². The molecule has 0 fully saturated rings. The summed E-state index contributed by atoms with van der Waals surface area (Å²) in [5.74, 6) is -1.06. The highest BCUT2D eigenvalue weighted by atomic mass is 79.9. The lowest BCUT2D eigenvalue weighted by atomic mass is 10.1. The molecule has 0 aliphatic rings. The van der Waals surface area contributed by atoms with Crippen LogP contribution < -0.4 is 5.32 Å². The number of carboxylic acids is 1. The van der Waals surface area contributed by atoms with Crippen LogP contribution >= 0.6 is 15.9 Å². The number of anilines is 2. The normalized spacial score (nSPS) is 10.2. The van der Waals surface area contributed by atoms with Crippen molar-refractivity contribution >= 4 is 39.0 Å². The van der Waals surface area contributed by atoms with Crippen molar-refractivity contribution in [3.05, 3.63) is 62.1 Å². The summed E-state index contributed by atoms with van der Waals surface area (Å²) < 4.78 is 0.468. The van der Waals surface area contributed by atoms with E-state index in [0.29, 0.717) is 21.4 Å². The second-order valence-electron chi connectivity index (χ2n) is 4.38. The number of carbonyl (C=O) groups is 1. The molecular weight excluding hydrogens is 340 g/mol. The predicted molar refractivity (Wildman–Crippen MR) is 82.2 cm³/mol. The molecule has 108 valence electrons. The highest BCUT2D eigenvalue weighted by Crippen LogP contribution is 2.27. The molecule has 0 saturated heterocycles. The standard InChI is InChI=1S/C14H11BrN2O4/c1-8-2-3-10(7-13(8)17(20)21)16-9-4-5-12(15)11(6-9)14(18)19/h2-7,16H,1H3,(H,18,19). The molecule has 0 spiro atoms. The third-order valence-corrected chi connectivity index (χ3v) is 3.58. The average molecular weight is 351 g/mol. The molecule has 0 aromatic heterocycles. The van der Waals surface area contributed by atoms with Crippen LogP contribution in [0.25, 0.3) is 0 Å². The SMILES string of the molecule is Cc1ccc(Nc2ccc(Br)c(C(=O)O)c2)cc1[N+](=O)[O-]. The zero-order chi connectivity index (χ0) is 15.6. The Balaban J connectivity index is 2.34. The third-order valence-electron chi connectivity index (χ3n) is 2.89. The lowest BCUT2D eigenvalue weighted by Gasteiger charge is -2.09. The van der Waals surface area contributed by atoms with E-state index < -0.39 is 10.9 Å². The van der Waals surface area contributed by atoms with Gasteiger partial charge in [-0.2, -0.15) is 0 Å². The van der Waals surface area contributed by atoms with Crippen molar-refractivity contribution in [3.8, 4) is 0 Å². The van der Waals surface area contributed by atoms with Crippen LogP contribution in [0.4, 0.5) is 17.1 Å². The number of hydrogen-bond donors (Lipinski definition) is 2. The zero-order valence-corrected chi connectivity index (χ0v) is 12.5. The van der Waals surface area contributed by atoms with Crippen molar-refractivity contribution in [1.82, 2.24) is 0 Å². The Morgan fingerprint density at radius 3 is 2.48 bits per heavy atom. The fraction of sp³-hybridized carbons (Fsp3) is 0.0714. The summed E-state index contributed by atoms with van der Waals surface area (Å²) in [6.45, 7) is 1.66. The molecule has 0 bridgehead atoms. The fourth-order valence-electron chi connectivity index (χ4n) is 1.82. The van der Waals surface area contributed by atoms with E-state index in [9.17, 15) is 14.9 Å². The van der Waals surface area contributed by atoms with E-state index in [-0.39, 0.29) is 11.3 Å². The summed E-state index contributed by atoms with van der Waals surface area (Å²) in [6.07, 6.45) is 0. The van der Waals surface area contributed by atoms with Crippen LogP contribution in [0.15, 0.2) is 40.9 Å². The van der Waals surface area contributed by atoms with Gasteiger partial charge in [0, 0.05) is 27.5 Å². The number of carboxylic acid groups (broad SMARTS) is 1. The number of aromatic carboxylic acids is 1. The molecular formula is C14H11BrN2O4. The molecule has 0 heterocycles. The molecule has 0 atom stereocenters. The van der Waals surface area contributed by atoms with Crippen molar-refractivity contribution in [1.29, 1.82) is 0 Å². The highest BCUT2D eigenvalue weighted by Gasteiger charge is 2.12. The number of hydrogen-bond acceptors (Lipinski definition) is 4. The lowest BCUT2D eigenvalue weighted by molar-refractivity contribution is -0.385. The summed E-state index contributed by atoms with van der Waals surface area (Å²) in [5, 5.41) is 22.9. The number of rotatable bonds is 4. The second kappa shape index (κ2) is 5.92. The number of nitro benzene ring substituents is 1. The van der Waals surface area contributed by atoms with Crippen molar-refractivity contribution < 1.29 is 14.8 Å². The highest BCUT2D eigenvalue weighted by molar-refractivity contribution is 9.10. The van der Waals surface area contributed by atoms with Gasteiger partial charge in [-0.25, -0.2) is 4.79 Å². The van der Waals surface area contributed by atoms with E-state index in [4.69, 9.17) is 5.11 Å². The second-order valence-corrected chi connectivity index (χ2v) is 5.24. The van der Waals surface area contributed by atoms with Gasteiger partial charge >= 0.3 is 5.97 Å². The van der Waals surface area contributed by atoms with Crippen molar-refractivity contribution in [3.63, 3.8) is 0 Å². The van der Waals surface area contributed by atoms with E-state index >= 15 is 0 Å². The fourth-order valence-corrected chi connectivity index (χ4v) is 2.23. The van der Waals surface area contributed by atoms with Gasteiger partial charge in [-0.1, -0.05) is 6.07 Å². The maximum atomic E-state index is 11.1. The van der Waals surface area contributed by atoms with Crippen molar-refractivity contribution in [2.45, 2.75) is 6.92 Å². The summed E-state index contributed by atoms with van der Waals surface area (Å²) in [6, 6.07) is 9.49. The summed E-state index contributed by atoms with van der Waals surface area (Å²) in [7, 11) is 0. The topological polar surface area (TPSA) is 92.5 Å². The van der Waals surface area contributed by atoms with Crippen LogP contribution in [0.5, 0.6) is 0 Å². The smallest absolute Gasteiger partial charge is 0.336 e. The molecule has 0 amide bonds. The number of nitro groups is 1. The van der Waals surface area contributed by atoms with Crippen LogP contribution in [-0.4, -0.2) is 16.0 Å². The predicted octanol–water partition coefficient (Wildman–Crippen LogP) is 4.11. The van der Waals surface area contributed by atoms with E-state index in [1.165, 1.54) is 12.1 Å². The minimum atomic E-state index is -1.06. The Hall–Kier alpha value is -2.41. The first-order valence-corrected chi connectivity index (χ1v) is 6.72. The molecule has 0 aliphatic heterocycles. The van der Waals surface area contributed by atoms with Gasteiger partial charge in [0.1, 0.15) is 0 Å². The number of nitrogens with one attached hydrogen (secondary N) is 1. The maximum Gasteiger partial charge on any atom is 0.336 e. The van der Waals surface area contributed by atoms with Gasteiger partial charge in [0.2, 0.25) is 0 Å². The molecule has 2 N–H and O–H groups in total. The molecule has 21 heavy (non-hydrogen) atoms. The summed E-state index contributed by atoms with van der Waals surface area (Å²) in [5.41, 5.74) is 1.74. The number of nitrogens with zero attached hydrogens (tertiary/aromatic N) is 1. The van der Waals surface area contributed by atoms with Gasteiger partial charge in [0.05, 0.1) is 10.5 Å². The molecule has 2 rings (SSSR count). The van der Waals surface area contributed by atoms with E-state index in [2.05, 4.69) is 21.2 Å². The average Bonchev–Trinajstić information content (AvgIpc) is 2.42. The van der Waals surface area contributed by atoms with Gasteiger partial charge in [-0.05, 0) is 47.1 Å². The minimum Gasteiger partial charge on any atom is -0.478 e. The molecule has 2 aromatic rings.